The van der Waals surface area contributed by atoms with Gasteiger partial charge in [-0.25, -0.2) is 9.36 Å². The molecule has 0 aliphatic heterocycles. The maximum absolute atomic E-state index is 11.8. The maximum Gasteiger partial charge on any atom is 0.338 e. The molecule has 0 aliphatic carbocycles. The normalized spacial score (nSPS) is 10.2. The molecule has 0 atom stereocenters. The molecule has 0 bridgehead atoms. The molecular weight excluding hydrogens is 260 g/mol. The van der Waals surface area contributed by atoms with Gasteiger partial charge in [-0.15, -0.1) is 0 Å². The predicted octanol–water partition coefficient (Wildman–Crippen LogP) is 2.62. The van der Waals surface area contributed by atoms with Crippen LogP contribution in [-0.4, -0.2) is 22.1 Å². The van der Waals surface area contributed by atoms with Gasteiger partial charge in [0.15, 0.2) is 0 Å². The summed E-state index contributed by atoms with van der Waals surface area (Å²) in [6.45, 7) is 2.27. The van der Waals surface area contributed by atoms with Crippen molar-refractivity contribution in [3.63, 3.8) is 0 Å². The van der Waals surface area contributed by atoms with Crippen LogP contribution in [0.4, 0.5) is 5.82 Å². The summed E-state index contributed by atoms with van der Waals surface area (Å²) in [5, 5.41) is 10.9. The van der Waals surface area contributed by atoms with Crippen molar-refractivity contribution in [2.45, 2.75) is 13.5 Å². The van der Waals surface area contributed by atoms with Crippen molar-refractivity contribution in [2.24, 2.45) is 0 Å². The second kappa shape index (κ2) is 6.01. The van der Waals surface area contributed by atoms with Crippen LogP contribution >= 0.6 is 0 Å². The first-order chi connectivity index (χ1) is 9.63. The molecule has 1 heterocycles. The summed E-state index contributed by atoms with van der Waals surface area (Å²) in [7, 11) is 0. The zero-order chi connectivity index (χ0) is 14.5. The lowest BCUT2D eigenvalue weighted by Gasteiger charge is -2.08. The Hall–Kier alpha value is -2.63. The number of nitro groups is 1. The highest BCUT2D eigenvalue weighted by molar-refractivity contribution is 5.91. The van der Waals surface area contributed by atoms with Crippen LogP contribution in [0.25, 0.3) is 0 Å². The van der Waals surface area contributed by atoms with E-state index < -0.39 is 10.9 Å². The molecule has 1 aromatic heterocycles. The fourth-order valence-corrected chi connectivity index (χ4v) is 1.95. The highest BCUT2D eigenvalue weighted by Gasteiger charge is 2.17. The van der Waals surface area contributed by atoms with Crippen molar-refractivity contribution < 1.29 is 14.5 Å². The van der Waals surface area contributed by atoms with E-state index in [-0.39, 0.29) is 19.0 Å². The average Bonchev–Trinajstić information content (AvgIpc) is 2.88. The van der Waals surface area contributed by atoms with Crippen LogP contribution in [0.3, 0.4) is 0 Å². The van der Waals surface area contributed by atoms with Gasteiger partial charge in [-0.3, -0.25) is 0 Å². The van der Waals surface area contributed by atoms with E-state index in [0.29, 0.717) is 11.1 Å². The van der Waals surface area contributed by atoms with Crippen LogP contribution in [0.1, 0.15) is 22.8 Å². The van der Waals surface area contributed by atoms with E-state index in [9.17, 15) is 14.9 Å². The molecule has 2 aromatic rings. The van der Waals surface area contributed by atoms with Gasteiger partial charge in [0.2, 0.25) is 0 Å². The second-order valence-corrected chi connectivity index (χ2v) is 4.13. The third-order valence-electron chi connectivity index (χ3n) is 2.85. The van der Waals surface area contributed by atoms with Crippen molar-refractivity contribution in [3.05, 3.63) is 63.8 Å². The molecule has 0 fully saturated rings. The Balaban J connectivity index is 2.32. The van der Waals surface area contributed by atoms with Crippen molar-refractivity contribution in [2.75, 3.05) is 6.61 Å². The van der Waals surface area contributed by atoms with Crippen molar-refractivity contribution in [1.29, 1.82) is 0 Å². The SMILES string of the molecule is CCOC(=O)c1ccccc1Cn1cccc1[N+](=O)[O-]. The number of ether oxygens (including phenoxy) is 1. The number of carbonyl (C=O) groups excluding carboxylic acids is 1. The molecule has 0 aliphatic rings. The Morgan fingerprint density at radius 3 is 2.75 bits per heavy atom. The lowest BCUT2D eigenvalue weighted by molar-refractivity contribution is -0.391. The van der Waals surface area contributed by atoms with Crippen LogP contribution in [0, 0.1) is 10.1 Å². The van der Waals surface area contributed by atoms with Gasteiger partial charge in [0, 0.05) is 11.6 Å². The van der Waals surface area contributed by atoms with E-state index in [4.69, 9.17) is 4.74 Å². The summed E-state index contributed by atoms with van der Waals surface area (Å²) in [6, 6.07) is 9.96. The van der Waals surface area contributed by atoms with Gasteiger partial charge in [0.1, 0.15) is 6.54 Å². The third-order valence-corrected chi connectivity index (χ3v) is 2.85. The monoisotopic (exact) mass is 274 g/mol. The molecular formula is C14H14N2O4. The topological polar surface area (TPSA) is 74.4 Å². The van der Waals surface area contributed by atoms with Crippen molar-refractivity contribution in [1.82, 2.24) is 4.57 Å². The third kappa shape index (κ3) is 2.85. The fraction of sp³-hybridized carbons (Fsp3) is 0.214. The Bertz CT molecular complexity index is 634. The molecule has 0 spiro atoms. The van der Waals surface area contributed by atoms with E-state index >= 15 is 0 Å². The quantitative estimate of drug-likeness (QED) is 0.477. The van der Waals surface area contributed by atoms with Gasteiger partial charge >= 0.3 is 11.8 Å². The van der Waals surface area contributed by atoms with Gasteiger partial charge in [-0.05, 0) is 24.0 Å². The maximum atomic E-state index is 11.8. The standard InChI is InChI=1S/C14H14N2O4/c1-2-20-14(17)12-7-4-3-6-11(12)10-15-9-5-8-13(15)16(18)19/h3-9H,2,10H2,1H3. The number of nitrogens with zero attached hydrogens (tertiary/aromatic N) is 2. The van der Waals surface area contributed by atoms with Crippen molar-refractivity contribution in [3.8, 4) is 0 Å². The number of hydrogen-bond acceptors (Lipinski definition) is 4. The first-order valence-electron chi connectivity index (χ1n) is 6.18. The van der Waals surface area contributed by atoms with Gasteiger partial charge < -0.3 is 14.9 Å². The zero-order valence-electron chi connectivity index (χ0n) is 11.0. The molecule has 104 valence electrons. The average molecular weight is 274 g/mol. The highest BCUT2D eigenvalue weighted by atomic mass is 16.6. The molecule has 0 N–H and O–H groups in total. The van der Waals surface area contributed by atoms with Crippen LogP contribution < -0.4 is 0 Å². The zero-order valence-corrected chi connectivity index (χ0v) is 11.0. The van der Waals surface area contributed by atoms with Crippen LogP contribution in [-0.2, 0) is 11.3 Å². The molecule has 0 saturated heterocycles. The molecule has 0 unspecified atom stereocenters. The lowest BCUT2D eigenvalue weighted by atomic mass is 10.1. The molecule has 0 radical (unpaired) electrons. The lowest BCUT2D eigenvalue weighted by Crippen LogP contribution is -2.11. The molecule has 1 aromatic carbocycles. The first kappa shape index (κ1) is 13.8. The van der Waals surface area contributed by atoms with Crippen LogP contribution in [0.15, 0.2) is 42.6 Å². The van der Waals surface area contributed by atoms with Crippen molar-refractivity contribution >= 4 is 11.8 Å². The van der Waals surface area contributed by atoms with E-state index in [1.54, 1.807) is 43.5 Å². The minimum absolute atomic E-state index is 0.0105. The van der Waals surface area contributed by atoms with E-state index in [0.717, 1.165) is 0 Å². The predicted molar refractivity (Wildman–Crippen MR) is 72.6 cm³/mol. The van der Waals surface area contributed by atoms with Gasteiger partial charge in [0.25, 0.3) is 0 Å². The first-order valence-corrected chi connectivity index (χ1v) is 6.18. The molecule has 2 rings (SSSR count). The number of benzene rings is 1. The number of esters is 1. The Morgan fingerprint density at radius 2 is 2.05 bits per heavy atom. The summed E-state index contributed by atoms with van der Waals surface area (Å²) in [5.41, 5.74) is 1.11. The van der Waals surface area contributed by atoms with Gasteiger partial charge in [-0.2, -0.15) is 0 Å². The van der Waals surface area contributed by atoms with Crippen LogP contribution in [0.2, 0.25) is 0 Å². The molecule has 6 nitrogen and oxygen atoms in total. The minimum Gasteiger partial charge on any atom is -0.462 e. The number of hydrogen-bond donors (Lipinski definition) is 0. The van der Waals surface area contributed by atoms with Crippen LogP contribution in [0.5, 0.6) is 0 Å². The Morgan fingerprint density at radius 1 is 1.30 bits per heavy atom. The summed E-state index contributed by atoms with van der Waals surface area (Å²) in [6.07, 6.45) is 1.61. The Labute approximate surface area is 115 Å². The summed E-state index contributed by atoms with van der Waals surface area (Å²) in [5.74, 6) is -0.429. The van der Waals surface area contributed by atoms with Gasteiger partial charge in [-0.1, -0.05) is 18.2 Å². The highest BCUT2D eigenvalue weighted by Crippen LogP contribution is 2.17. The molecule has 0 saturated carbocycles. The van der Waals surface area contributed by atoms with E-state index in [1.165, 1.54) is 10.6 Å². The smallest absolute Gasteiger partial charge is 0.338 e. The minimum atomic E-state index is -0.451. The molecule has 0 amide bonds. The Kier molecular flexibility index (Phi) is 4.14. The molecule has 6 heteroatoms. The fourth-order valence-electron chi connectivity index (χ4n) is 1.95. The second-order valence-electron chi connectivity index (χ2n) is 4.13. The van der Waals surface area contributed by atoms with E-state index in [1.807, 2.05) is 0 Å². The summed E-state index contributed by atoms with van der Waals surface area (Å²) < 4.78 is 6.47. The number of carbonyl (C=O) groups is 1. The largest absolute Gasteiger partial charge is 0.462 e. The van der Waals surface area contributed by atoms with Gasteiger partial charge in [0.05, 0.1) is 18.4 Å². The number of aromatic nitrogens is 1. The summed E-state index contributed by atoms with van der Waals surface area (Å²) >= 11 is 0. The van der Waals surface area contributed by atoms with E-state index in [2.05, 4.69) is 0 Å². The molecule has 20 heavy (non-hydrogen) atoms. The summed E-state index contributed by atoms with van der Waals surface area (Å²) in [4.78, 5) is 22.3. The number of rotatable bonds is 5.